The second-order valence-electron chi connectivity index (χ2n) is 8.69. The van der Waals surface area contributed by atoms with Crippen LogP contribution in [0.4, 0.5) is 4.39 Å². The molecular weight excluding hydrogens is 443 g/mol. The van der Waals surface area contributed by atoms with E-state index in [0.717, 1.165) is 31.5 Å². The van der Waals surface area contributed by atoms with E-state index in [1.165, 1.54) is 0 Å². The van der Waals surface area contributed by atoms with Gasteiger partial charge in [-0.05, 0) is 12.8 Å². The van der Waals surface area contributed by atoms with Crippen LogP contribution in [-0.4, -0.2) is 56.0 Å². The van der Waals surface area contributed by atoms with Gasteiger partial charge in [0.15, 0.2) is 19.6 Å². The predicted molar refractivity (Wildman–Crippen MR) is 109 cm³/mol. The van der Waals surface area contributed by atoms with Gasteiger partial charge in [0.1, 0.15) is 12.2 Å². The summed E-state index contributed by atoms with van der Waals surface area (Å²) in [7, 11) is 0. The van der Waals surface area contributed by atoms with Crippen molar-refractivity contribution in [2.45, 2.75) is 77.0 Å². The van der Waals surface area contributed by atoms with E-state index < -0.39 is 66.7 Å². The molecule has 4 atom stereocenters. The van der Waals surface area contributed by atoms with Crippen molar-refractivity contribution in [2.24, 2.45) is 11.8 Å². The molecule has 1 saturated carbocycles. The Kier molecular flexibility index (Phi) is 7.70. The van der Waals surface area contributed by atoms with E-state index in [0.29, 0.717) is 22.0 Å². The van der Waals surface area contributed by atoms with Crippen LogP contribution in [-0.2, 0) is 30.5 Å². The maximum atomic E-state index is 15.3. The zero-order valence-corrected chi connectivity index (χ0v) is 18.5. The molecule has 0 radical (unpaired) electrons. The van der Waals surface area contributed by atoms with Crippen LogP contribution >= 0.6 is 0 Å². The van der Waals surface area contributed by atoms with Crippen LogP contribution in [0.3, 0.4) is 0 Å². The molecule has 2 fully saturated rings. The van der Waals surface area contributed by atoms with Crippen LogP contribution in [0.1, 0.15) is 52.2 Å². The number of aliphatic hydroxyl groups is 2. The van der Waals surface area contributed by atoms with Gasteiger partial charge in [0, 0.05) is 12.3 Å². The summed E-state index contributed by atoms with van der Waals surface area (Å²) in [6, 6.07) is 0.939. The van der Waals surface area contributed by atoms with E-state index in [-0.39, 0.29) is 5.92 Å². The lowest BCUT2D eigenvalue weighted by Gasteiger charge is -2.25. The van der Waals surface area contributed by atoms with Gasteiger partial charge in [0.05, 0.1) is 11.8 Å². The number of nitrogens with zero attached hydrogens (tertiary/aromatic N) is 2. The molecule has 1 aliphatic heterocycles. The van der Waals surface area contributed by atoms with Crippen molar-refractivity contribution in [2.75, 3.05) is 6.61 Å². The number of alkyl halides is 1. The normalized spacial score (nSPS) is 28.1. The van der Waals surface area contributed by atoms with Crippen molar-refractivity contribution >= 4 is 11.9 Å². The molecule has 1 aliphatic carbocycles. The van der Waals surface area contributed by atoms with Crippen molar-refractivity contribution in [1.82, 2.24) is 9.13 Å². The van der Waals surface area contributed by atoms with Crippen molar-refractivity contribution in [3.05, 3.63) is 33.1 Å². The number of aromatic nitrogens is 2. The van der Waals surface area contributed by atoms with E-state index in [2.05, 4.69) is 0 Å². The summed E-state index contributed by atoms with van der Waals surface area (Å²) < 4.78 is 31.6. The third-order valence-electron chi connectivity index (χ3n) is 5.90. The first-order valence-corrected chi connectivity index (χ1v) is 10.9. The first-order chi connectivity index (χ1) is 15.5. The average molecular weight is 472 g/mol. The second-order valence-corrected chi connectivity index (χ2v) is 8.69. The molecule has 184 valence electrons. The Morgan fingerprint density at radius 1 is 1.21 bits per heavy atom. The van der Waals surface area contributed by atoms with Gasteiger partial charge in [-0.3, -0.25) is 19.0 Å². The number of carbonyl (C=O) groups is 2. The Hall–Kier alpha value is -2.57. The summed E-state index contributed by atoms with van der Waals surface area (Å²) in [6.45, 7) is 1.47. The molecule has 0 aromatic carbocycles. The molecule has 11 nitrogen and oxygen atoms in total. The molecule has 2 N–H and O–H groups in total. The SMILES string of the molecule is CC(C)C(=O)OCn1c(=O)ccn([C@@H]2O[C@](F)(COC(=O)C3CCCCC3)[C@@H](O)[C@H]2O)c1=O. The first kappa shape index (κ1) is 25.1. The predicted octanol–water partition coefficient (Wildman–Crippen LogP) is 0.207. The second kappa shape index (κ2) is 10.1. The van der Waals surface area contributed by atoms with E-state index in [9.17, 15) is 29.4 Å². The summed E-state index contributed by atoms with van der Waals surface area (Å²) in [5.74, 6) is -5.09. The zero-order valence-electron chi connectivity index (χ0n) is 18.5. The fourth-order valence-corrected chi connectivity index (χ4v) is 3.86. The van der Waals surface area contributed by atoms with Crippen LogP contribution in [0.2, 0.25) is 0 Å². The molecule has 2 heterocycles. The Labute approximate surface area is 188 Å². The number of aliphatic hydroxyl groups excluding tert-OH is 2. The maximum absolute atomic E-state index is 15.3. The van der Waals surface area contributed by atoms with Gasteiger partial charge in [-0.25, -0.2) is 13.8 Å². The Morgan fingerprint density at radius 2 is 1.88 bits per heavy atom. The van der Waals surface area contributed by atoms with Crippen LogP contribution in [0.15, 0.2) is 21.9 Å². The number of rotatable bonds is 7. The maximum Gasteiger partial charge on any atom is 0.335 e. The van der Waals surface area contributed by atoms with Gasteiger partial charge in [-0.1, -0.05) is 33.1 Å². The number of hydrogen-bond acceptors (Lipinski definition) is 9. The molecule has 3 rings (SSSR count). The highest BCUT2D eigenvalue weighted by atomic mass is 19.2. The molecule has 2 aliphatic rings. The number of carbonyl (C=O) groups excluding carboxylic acids is 2. The van der Waals surface area contributed by atoms with Crippen LogP contribution in [0.25, 0.3) is 0 Å². The summed E-state index contributed by atoms with van der Waals surface area (Å²) in [5.41, 5.74) is -1.85. The lowest BCUT2D eigenvalue weighted by molar-refractivity contribution is -0.218. The van der Waals surface area contributed by atoms with Gasteiger partial charge < -0.3 is 24.4 Å². The fourth-order valence-electron chi connectivity index (χ4n) is 3.86. The van der Waals surface area contributed by atoms with Crippen molar-refractivity contribution in [3.63, 3.8) is 0 Å². The first-order valence-electron chi connectivity index (χ1n) is 10.9. The van der Waals surface area contributed by atoms with Crippen LogP contribution in [0, 0.1) is 11.8 Å². The van der Waals surface area contributed by atoms with Crippen molar-refractivity contribution < 1.29 is 38.4 Å². The Morgan fingerprint density at radius 3 is 2.52 bits per heavy atom. The molecule has 1 aromatic heterocycles. The minimum atomic E-state index is -2.97. The third-order valence-corrected chi connectivity index (χ3v) is 5.90. The lowest BCUT2D eigenvalue weighted by Crippen LogP contribution is -2.44. The quantitative estimate of drug-likeness (QED) is 0.532. The van der Waals surface area contributed by atoms with Crippen LogP contribution < -0.4 is 11.2 Å². The summed E-state index contributed by atoms with van der Waals surface area (Å²) in [4.78, 5) is 48.7. The number of hydrogen-bond donors (Lipinski definition) is 2. The Balaban J connectivity index is 1.75. The summed E-state index contributed by atoms with van der Waals surface area (Å²) in [5, 5.41) is 20.6. The average Bonchev–Trinajstić information content (AvgIpc) is 3.02. The minimum absolute atomic E-state index is 0.360. The third kappa shape index (κ3) is 5.33. The molecule has 1 saturated heterocycles. The smallest absolute Gasteiger partial charge is 0.335 e. The van der Waals surface area contributed by atoms with Crippen molar-refractivity contribution in [3.8, 4) is 0 Å². The van der Waals surface area contributed by atoms with Gasteiger partial charge in [-0.15, -0.1) is 0 Å². The standard InChI is InChI=1S/C21H29FN2O9/c1-12(2)18(28)32-11-24-14(25)8-9-23(20(24)30)17-15(26)16(27)21(22,33-17)10-31-19(29)13-6-4-3-5-7-13/h8-9,12-13,15-17,26-27H,3-7,10-11H2,1-2H3/t15-,16+,17-,21-/m1/s1. The largest absolute Gasteiger partial charge is 0.459 e. The minimum Gasteiger partial charge on any atom is -0.459 e. The number of halogens is 1. The van der Waals surface area contributed by atoms with E-state index in [4.69, 9.17) is 14.2 Å². The van der Waals surface area contributed by atoms with Crippen molar-refractivity contribution in [1.29, 1.82) is 0 Å². The highest BCUT2D eigenvalue weighted by molar-refractivity contribution is 5.72. The molecule has 0 amide bonds. The fraction of sp³-hybridized carbons (Fsp3) is 0.714. The van der Waals surface area contributed by atoms with Crippen LogP contribution in [0.5, 0.6) is 0 Å². The molecule has 0 unspecified atom stereocenters. The molecule has 12 heteroatoms. The van der Waals surface area contributed by atoms with E-state index in [1.807, 2.05) is 0 Å². The molecule has 0 bridgehead atoms. The van der Waals surface area contributed by atoms with Gasteiger partial charge in [0.2, 0.25) is 0 Å². The van der Waals surface area contributed by atoms with Gasteiger partial charge >= 0.3 is 17.6 Å². The summed E-state index contributed by atoms with van der Waals surface area (Å²) in [6.07, 6.45) is -0.796. The van der Waals surface area contributed by atoms with Gasteiger partial charge in [0.25, 0.3) is 11.4 Å². The highest BCUT2D eigenvalue weighted by Gasteiger charge is 2.57. The van der Waals surface area contributed by atoms with E-state index in [1.54, 1.807) is 13.8 Å². The highest BCUT2D eigenvalue weighted by Crippen LogP contribution is 2.38. The van der Waals surface area contributed by atoms with Gasteiger partial charge in [-0.2, -0.15) is 0 Å². The molecular formula is C21H29FN2O9. The topological polar surface area (TPSA) is 146 Å². The number of ether oxygens (including phenoxy) is 3. The number of esters is 2. The Bertz CT molecular complexity index is 985. The monoisotopic (exact) mass is 472 g/mol. The van der Waals surface area contributed by atoms with E-state index >= 15 is 4.39 Å². The lowest BCUT2D eigenvalue weighted by atomic mass is 9.89. The molecule has 33 heavy (non-hydrogen) atoms. The molecule has 0 spiro atoms. The molecule has 1 aromatic rings. The zero-order chi connectivity index (χ0) is 24.3. The summed E-state index contributed by atoms with van der Waals surface area (Å²) >= 11 is 0.